The van der Waals surface area contributed by atoms with E-state index in [0.29, 0.717) is 5.69 Å². The Bertz CT molecular complexity index is 1200. The summed E-state index contributed by atoms with van der Waals surface area (Å²) in [6.45, 7) is 3.54. The van der Waals surface area contributed by atoms with Crippen LogP contribution in [0.25, 0.3) is 22.2 Å². The number of benzene rings is 2. The lowest BCUT2D eigenvalue weighted by Crippen LogP contribution is -2.14. The van der Waals surface area contributed by atoms with E-state index in [0.717, 1.165) is 16.5 Å². The highest BCUT2D eigenvalue weighted by Crippen LogP contribution is 2.34. The van der Waals surface area contributed by atoms with Crippen LogP contribution in [-0.2, 0) is 0 Å². The second-order valence-corrected chi connectivity index (χ2v) is 6.75. The van der Waals surface area contributed by atoms with Crippen LogP contribution >= 0.6 is 11.6 Å². The number of carbonyl (C=O) groups is 1. The predicted molar refractivity (Wildman–Crippen MR) is 106 cm³/mol. The lowest BCUT2D eigenvalue weighted by molar-refractivity contribution is 0.102. The van der Waals surface area contributed by atoms with Crippen LogP contribution in [0.1, 0.15) is 21.7 Å². The fraction of sp³-hybridized carbons (Fsp3) is 0.0952. The van der Waals surface area contributed by atoms with Gasteiger partial charge in [0.1, 0.15) is 22.8 Å². The lowest BCUT2D eigenvalue weighted by Gasteiger charge is -2.11. The molecule has 2 heterocycles. The number of hydrogen-bond donors (Lipinski definition) is 1. The summed E-state index contributed by atoms with van der Waals surface area (Å²) >= 11 is 6.14. The molecule has 28 heavy (non-hydrogen) atoms. The highest BCUT2D eigenvalue weighted by atomic mass is 35.5. The summed E-state index contributed by atoms with van der Waals surface area (Å²) < 4.78 is 19.5. The van der Waals surface area contributed by atoms with Crippen molar-refractivity contribution in [3.63, 3.8) is 0 Å². The van der Waals surface area contributed by atoms with E-state index in [4.69, 9.17) is 16.1 Å². The number of nitrogens with one attached hydrogen (secondary N) is 1. The van der Waals surface area contributed by atoms with Gasteiger partial charge in [-0.05, 0) is 49.7 Å². The maximum absolute atomic E-state index is 14.4. The van der Waals surface area contributed by atoms with Crippen LogP contribution in [0, 0.1) is 19.7 Å². The van der Waals surface area contributed by atoms with Crippen LogP contribution in [0.15, 0.2) is 53.2 Å². The molecule has 4 aromatic rings. The number of nitrogens with zero attached hydrogens (tertiary/aromatic N) is 2. The minimum atomic E-state index is -0.583. The number of hydrogen-bond acceptors (Lipinski definition) is 4. The van der Waals surface area contributed by atoms with Crippen LogP contribution < -0.4 is 5.32 Å². The molecule has 0 bridgehead atoms. The van der Waals surface area contributed by atoms with Gasteiger partial charge in [-0.1, -0.05) is 28.9 Å². The Balaban J connectivity index is 1.79. The normalized spacial score (nSPS) is 11.0. The van der Waals surface area contributed by atoms with Crippen molar-refractivity contribution in [1.29, 1.82) is 0 Å². The van der Waals surface area contributed by atoms with E-state index in [1.54, 1.807) is 25.3 Å². The van der Waals surface area contributed by atoms with Crippen molar-refractivity contribution in [2.45, 2.75) is 13.8 Å². The molecule has 1 amide bonds. The molecule has 0 atom stereocenters. The third-order valence-electron chi connectivity index (χ3n) is 4.51. The van der Waals surface area contributed by atoms with Crippen molar-refractivity contribution < 1.29 is 13.7 Å². The molecule has 1 N–H and O–H groups in total. The third-order valence-corrected chi connectivity index (χ3v) is 4.82. The predicted octanol–water partition coefficient (Wildman–Crippen LogP) is 5.55. The molecule has 4 rings (SSSR count). The number of aryl methyl sites for hydroxylation is 2. The van der Waals surface area contributed by atoms with Gasteiger partial charge < -0.3 is 9.84 Å². The van der Waals surface area contributed by atoms with Crippen LogP contribution in [0.5, 0.6) is 0 Å². The highest BCUT2D eigenvalue weighted by molar-refractivity contribution is 6.33. The quantitative estimate of drug-likeness (QED) is 0.493. The lowest BCUT2D eigenvalue weighted by atomic mass is 10.0. The van der Waals surface area contributed by atoms with Gasteiger partial charge in [0, 0.05) is 11.6 Å². The van der Waals surface area contributed by atoms with Crippen molar-refractivity contribution in [2.75, 3.05) is 5.32 Å². The van der Waals surface area contributed by atoms with E-state index < -0.39 is 11.7 Å². The molecule has 7 heteroatoms. The molecule has 0 fully saturated rings. The number of fused-ring (bicyclic) bond motifs is 1. The zero-order valence-corrected chi connectivity index (χ0v) is 15.8. The Hall–Kier alpha value is -3.25. The number of pyridine rings is 1. The molecule has 2 aromatic carbocycles. The van der Waals surface area contributed by atoms with Gasteiger partial charge in [-0.3, -0.25) is 9.78 Å². The van der Waals surface area contributed by atoms with Crippen molar-refractivity contribution >= 4 is 34.1 Å². The number of anilines is 1. The molecule has 0 aliphatic heterocycles. The summed E-state index contributed by atoms with van der Waals surface area (Å²) in [4.78, 5) is 17.4. The van der Waals surface area contributed by atoms with Crippen molar-refractivity contribution in [3.8, 4) is 11.3 Å². The first kappa shape index (κ1) is 18.1. The van der Waals surface area contributed by atoms with E-state index in [9.17, 15) is 9.18 Å². The third kappa shape index (κ3) is 3.01. The van der Waals surface area contributed by atoms with Crippen LogP contribution in [0.3, 0.4) is 0 Å². The molecule has 0 saturated carbocycles. The van der Waals surface area contributed by atoms with Crippen molar-refractivity contribution in [3.05, 3.63) is 76.4 Å². The molecule has 0 aliphatic rings. The molecule has 0 unspecified atom stereocenters. The molecule has 140 valence electrons. The van der Waals surface area contributed by atoms with Crippen molar-refractivity contribution in [1.82, 2.24) is 10.1 Å². The summed E-state index contributed by atoms with van der Waals surface area (Å²) in [5, 5.41) is 7.68. The average molecular weight is 396 g/mol. The molecule has 0 spiro atoms. The Morgan fingerprint density at radius 1 is 1.14 bits per heavy atom. The Labute approximate surface area is 165 Å². The van der Waals surface area contributed by atoms with Crippen LogP contribution in [0.2, 0.25) is 5.02 Å². The average Bonchev–Trinajstić information content (AvgIpc) is 3.05. The maximum Gasteiger partial charge on any atom is 0.261 e. The highest BCUT2D eigenvalue weighted by Gasteiger charge is 2.25. The SMILES string of the molecule is Cc1onc(-c2c(F)cccc2Cl)c1C(=O)Nc1ccc(C)c2ncccc12. The van der Waals surface area contributed by atoms with Gasteiger partial charge in [0.15, 0.2) is 0 Å². The Morgan fingerprint density at radius 2 is 1.96 bits per heavy atom. The van der Waals surface area contributed by atoms with Gasteiger partial charge >= 0.3 is 0 Å². The number of rotatable bonds is 3. The number of aromatic nitrogens is 2. The fourth-order valence-corrected chi connectivity index (χ4v) is 3.39. The second kappa shape index (κ2) is 7.05. The Kier molecular flexibility index (Phi) is 4.57. The first-order chi connectivity index (χ1) is 13.5. The summed E-state index contributed by atoms with van der Waals surface area (Å²) in [6, 6.07) is 11.6. The first-order valence-corrected chi connectivity index (χ1v) is 8.91. The zero-order chi connectivity index (χ0) is 19.8. The maximum atomic E-state index is 14.4. The van der Waals surface area contributed by atoms with Gasteiger partial charge in [-0.25, -0.2) is 4.39 Å². The van der Waals surface area contributed by atoms with Crippen LogP contribution in [0.4, 0.5) is 10.1 Å². The van der Waals surface area contributed by atoms with Gasteiger partial charge in [0.25, 0.3) is 5.91 Å². The summed E-state index contributed by atoms with van der Waals surface area (Å²) in [5.41, 5.74) is 2.59. The van der Waals surface area contributed by atoms with E-state index in [1.165, 1.54) is 18.2 Å². The smallest absolute Gasteiger partial charge is 0.261 e. The monoisotopic (exact) mass is 395 g/mol. The minimum absolute atomic E-state index is 0.0293. The second-order valence-electron chi connectivity index (χ2n) is 6.34. The number of halogens is 2. The molecule has 0 radical (unpaired) electrons. The first-order valence-electron chi connectivity index (χ1n) is 8.53. The molecule has 0 saturated heterocycles. The molecule has 0 aliphatic carbocycles. The standard InChI is InChI=1S/C21H15ClFN3O2/c1-11-8-9-16(13-5-4-10-24-19(11)13)25-21(27)17-12(2)28-26-20(17)18-14(22)6-3-7-15(18)23/h3-10H,1-2H3,(H,25,27). The topological polar surface area (TPSA) is 68.0 Å². The van der Waals surface area contributed by atoms with E-state index in [1.807, 2.05) is 19.1 Å². The fourth-order valence-electron chi connectivity index (χ4n) is 3.14. The summed E-state index contributed by atoms with van der Waals surface area (Å²) in [5.74, 6) is -0.789. The van der Waals surface area contributed by atoms with Gasteiger partial charge in [0.05, 0.1) is 21.8 Å². The van der Waals surface area contributed by atoms with Crippen LogP contribution in [-0.4, -0.2) is 16.0 Å². The van der Waals surface area contributed by atoms with E-state index in [2.05, 4.69) is 15.5 Å². The molecular formula is C21H15ClFN3O2. The van der Waals surface area contributed by atoms with E-state index >= 15 is 0 Å². The van der Waals surface area contributed by atoms with Gasteiger partial charge in [0.2, 0.25) is 0 Å². The summed E-state index contributed by atoms with van der Waals surface area (Å²) in [7, 11) is 0. The van der Waals surface area contributed by atoms with Gasteiger partial charge in [-0.2, -0.15) is 0 Å². The summed E-state index contributed by atoms with van der Waals surface area (Å²) in [6.07, 6.45) is 1.70. The largest absolute Gasteiger partial charge is 0.360 e. The number of carbonyl (C=O) groups excluding carboxylic acids is 1. The van der Waals surface area contributed by atoms with E-state index in [-0.39, 0.29) is 27.6 Å². The zero-order valence-electron chi connectivity index (χ0n) is 15.1. The molecule has 5 nitrogen and oxygen atoms in total. The molecule has 2 aromatic heterocycles. The number of amides is 1. The minimum Gasteiger partial charge on any atom is -0.360 e. The Morgan fingerprint density at radius 3 is 2.75 bits per heavy atom. The van der Waals surface area contributed by atoms with Crippen molar-refractivity contribution in [2.24, 2.45) is 0 Å². The van der Waals surface area contributed by atoms with Gasteiger partial charge in [-0.15, -0.1) is 0 Å². The molecular weight excluding hydrogens is 381 g/mol.